The lowest BCUT2D eigenvalue weighted by Gasteiger charge is -2.34. The average Bonchev–Trinajstić information content (AvgIpc) is 2.90. The van der Waals surface area contributed by atoms with Gasteiger partial charge < -0.3 is 15.0 Å². The molecule has 4 heteroatoms. The van der Waals surface area contributed by atoms with Crippen LogP contribution in [-0.4, -0.2) is 74.9 Å². The van der Waals surface area contributed by atoms with E-state index < -0.39 is 0 Å². The summed E-state index contributed by atoms with van der Waals surface area (Å²) in [6, 6.07) is 0. The van der Waals surface area contributed by atoms with E-state index in [1.165, 1.54) is 26.2 Å². The molecule has 0 aliphatic carbocycles. The molecule has 0 aromatic carbocycles. The molecule has 0 aromatic rings. The highest BCUT2D eigenvalue weighted by Gasteiger charge is 2.37. The summed E-state index contributed by atoms with van der Waals surface area (Å²) in [7, 11) is 0. The lowest BCUT2D eigenvalue weighted by molar-refractivity contribution is -0.0399. The molecule has 1 unspecified atom stereocenters. The van der Waals surface area contributed by atoms with E-state index in [0.717, 1.165) is 44.6 Å². The molecule has 3 aliphatic rings. The van der Waals surface area contributed by atoms with Crippen molar-refractivity contribution in [2.75, 3.05) is 59.0 Å². The van der Waals surface area contributed by atoms with Gasteiger partial charge in [-0.3, -0.25) is 4.90 Å². The lowest BCUT2D eigenvalue weighted by Crippen LogP contribution is -2.47. The number of likely N-dealkylation sites (N-methyl/N-ethyl adjacent to an activating group) is 1. The van der Waals surface area contributed by atoms with Crippen molar-refractivity contribution < 1.29 is 4.74 Å². The van der Waals surface area contributed by atoms with E-state index in [1.807, 2.05) is 0 Å². The molecule has 0 amide bonds. The molecule has 0 saturated carbocycles. The summed E-state index contributed by atoms with van der Waals surface area (Å²) in [5.41, 5.74) is 0. The van der Waals surface area contributed by atoms with Crippen LogP contribution in [0, 0.1) is 11.8 Å². The number of likely N-dealkylation sites (tertiary alicyclic amines) is 1. The SMILES string of the molecule is CCN1CCOC(CN2C[C@H]3CNC[C@H]3C2)C1. The fourth-order valence-corrected chi connectivity index (χ4v) is 3.57. The summed E-state index contributed by atoms with van der Waals surface area (Å²) in [5.74, 6) is 1.81. The third-order valence-corrected chi connectivity index (χ3v) is 4.60. The van der Waals surface area contributed by atoms with E-state index in [-0.39, 0.29) is 0 Å². The number of rotatable bonds is 3. The van der Waals surface area contributed by atoms with Crippen LogP contribution in [0.4, 0.5) is 0 Å². The first-order valence-corrected chi connectivity index (χ1v) is 7.12. The maximum Gasteiger partial charge on any atom is 0.0829 e. The van der Waals surface area contributed by atoms with Crippen LogP contribution in [0.5, 0.6) is 0 Å². The van der Waals surface area contributed by atoms with Crippen LogP contribution in [0.3, 0.4) is 0 Å². The molecule has 0 radical (unpaired) electrons. The van der Waals surface area contributed by atoms with Crippen LogP contribution >= 0.6 is 0 Å². The third-order valence-electron chi connectivity index (χ3n) is 4.60. The first-order valence-electron chi connectivity index (χ1n) is 7.12. The predicted molar refractivity (Wildman–Crippen MR) is 68.1 cm³/mol. The van der Waals surface area contributed by atoms with Gasteiger partial charge in [-0.05, 0) is 31.5 Å². The molecule has 0 aromatic heterocycles. The van der Waals surface area contributed by atoms with Crippen LogP contribution in [0.25, 0.3) is 0 Å². The zero-order valence-corrected chi connectivity index (χ0v) is 10.9. The minimum Gasteiger partial charge on any atom is -0.374 e. The molecule has 3 saturated heterocycles. The highest BCUT2D eigenvalue weighted by Crippen LogP contribution is 2.26. The van der Waals surface area contributed by atoms with Crippen molar-refractivity contribution in [2.24, 2.45) is 11.8 Å². The van der Waals surface area contributed by atoms with Gasteiger partial charge >= 0.3 is 0 Å². The molecule has 0 spiro atoms. The van der Waals surface area contributed by atoms with Gasteiger partial charge in [0.25, 0.3) is 0 Å². The number of fused-ring (bicyclic) bond motifs is 1. The third kappa shape index (κ3) is 2.65. The minimum absolute atomic E-state index is 0.440. The summed E-state index contributed by atoms with van der Waals surface area (Å²) in [4.78, 5) is 5.13. The largest absolute Gasteiger partial charge is 0.374 e. The molecule has 4 nitrogen and oxygen atoms in total. The average molecular weight is 239 g/mol. The topological polar surface area (TPSA) is 27.7 Å². The van der Waals surface area contributed by atoms with Gasteiger partial charge in [-0.2, -0.15) is 0 Å². The molecule has 3 rings (SSSR count). The van der Waals surface area contributed by atoms with Gasteiger partial charge in [0, 0.05) is 32.7 Å². The van der Waals surface area contributed by atoms with Gasteiger partial charge in [0.1, 0.15) is 0 Å². The zero-order valence-electron chi connectivity index (χ0n) is 10.9. The van der Waals surface area contributed by atoms with E-state index in [9.17, 15) is 0 Å². The van der Waals surface area contributed by atoms with Gasteiger partial charge in [-0.15, -0.1) is 0 Å². The summed E-state index contributed by atoms with van der Waals surface area (Å²) in [5, 5.41) is 3.50. The van der Waals surface area contributed by atoms with Gasteiger partial charge in [0.15, 0.2) is 0 Å². The van der Waals surface area contributed by atoms with Crippen LogP contribution in [0.1, 0.15) is 6.92 Å². The van der Waals surface area contributed by atoms with Crippen molar-refractivity contribution in [3.63, 3.8) is 0 Å². The number of nitrogens with one attached hydrogen (secondary N) is 1. The van der Waals surface area contributed by atoms with E-state index in [4.69, 9.17) is 4.74 Å². The molecule has 3 atom stereocenters. The molecule has 3 aliphatic heterocycles. The fraction of sp³-hybridized carbons (Fsp3) is 1.00. The van der Waals surface area contributed by atoms with Crippen molar-refractivity contribution in [3.05, 3.63) is 0 Å². The van der Waals surface area contributed by atoms with Crippen molar-refractivity contribution in [1.82, 2.24) is 15.1 Å². The Bertz CT molecular complexity index is 246. The Morgan fingerprint density at radius 1 is 1.12 bits per heavy atom. The maximum absolute atomic E-state index is 5.90. The van der Waals surface area contributed by atoms with Crippen molar-refractivity contribution >= 4 is 0 Å². The lowest BCUT2D eigenvalue weighted by atomic mass is 10.0. The smallest absolute Gasteiger partial charge is 0.0829 e. The van der Waals surface area contributed by atoms with Crippen LogP contribution in [0.15, 0.2) is 0 Å². The molecule has 98 valence electrons. The Kier molecular flexibility index (Phi) is 3.66. The molecule has 3 fully saturated rings. The zero-order chi connectivity index (χ0) is 11.7. The number of hydrogen-bond acceptors (Lipinski definition) is 4. The molecular weight excluding hydrogens is 214 g/mol. The summed E-state index contributed by atoms with van der Waals surface area (Å²) < 4.78 is 5.90. The second-order valence-electron chi connectivity index (χ2n) is 5.78. The number of nitrogens with zero attached hydrogens (tertiary/aromatic N) is 2. The Morgan fingerprint density at radius 3 is 2.59 bits per heavy atom. The van der Waals surface area contributed by atoms with Crippen LogP contribution in [-0.2, 0) is 4.74 Å². The minimum atomic E-state index is 0.440. The number of hydrogen-bond donors (Lipinski definition) is 1. The normalized spacial score (nSPS) is 39.7. The summed E-state index contributed by atoms with van der Waals surface area (Å²) in [6.07, 6.45) is 0.440. The Hall–Kier alpha value is -0.160. The van der Waals surface area contributed by atoms with Crippen molar-refractivity contribution in [1.29, 1.82) is 0 Å². The van der Waals surface area contributed by atoms with E-state index in [0.29, 0.717) is 6.10 Å². The Balaban J connectivity index is 1.47. The Morgan fingerprint density at radius 2 is 1.88 bits per heavy atom. The van der Waals surface area contributed by atoms with Gasteiger partial charge in [-0.1, -0.05) is 6.92 Å². The standard InChI is InChI=1S/C13H25N3O/c1-2-15-3-4-17-13(9-15)10-16-7-11-5-14-6-12(11)8-16/h11-14H,2-10H2,1H3/t11-,12+,13?. The Labute approximate surface area is 104 Å². The van der Waals surface area contributed by atoms with Crippen molar-refractivity contribution in [3.8, 4) is 0 Å². The molecule has 3 heterocycles. The van der Waals surface area contributed by atoms with E-state index >= 15 is 0 Å². The fourth-order valence-electron chi connectivity index (χ4n) is 3.57. The molecule has 0 bridgehead atoms. The molecule has 1 N–H and O–H groups in total. The highest BCUT2D eigenvalue weighted by molar-refractivity contribution is 4.92. The maximum atomic E-state index is 5.90. The molecular formula is C13H25N3O. The monoisotopic (exact) mass is 239 g/mol. The number of morpholine rings is 1. The van der Waals surface area contributed by atoms with Crippen LogP contribution < -0.4 is 5.32 Å². The predicted octanol–water partition coefficient (Wildman–Crippen LogP) is -0.142. The van der Waals surface area contributed by atoms with Gasteiger partial charge in [0.05, 0.1) is 12.7 Å². The van der Waals surface area contributed by atoms with E-state index in [1.54, 1.807) is 0 Å². The quantitative estimate of drug-likeness (QED) is 0.742. The first-order chi connectivity index (χ1) is 8.35. The van der Waals surface area contributed by atoms with Crippen molar-refractivity contribution in [2.45, 2.75) is 13.0 Å². The number of ether oxygens (including phenoxy) is 1. The first kappa shape index (κ1) is 11.9. The second kappa shape index (κ2) is 5.22. The second-order valence-corrected chi connectivity index (χ2v) is 5.78. The highest BCUT2D eigenvalue weighted by atomic mass is 16.5. The van der Waals surface area contributed by atoms with Crippen LogP contribution in [0.2, 0.25) is 0 Å². The summed E-state index contributed by atoms with van der Waals surface area (Å²) >= 11 is 0. The van der Waals surface area contributed by atoms with Gasteiger partial charge in [0.2, 0.25) is 0 Å². The van der Waals surface area contributed by atoms with Gasteiger partial charge in [-0.25, -0.2) is 0 Å². The summed E-state index contributed by atoms with van der Waals surface area (Å²) in [6.45, 7) is 12.7. The van der Waals surface area contributed by atoms with E-state index in [2.05, 4.69) is 22.0 Å². The molecule has 17 heavy (non-hydrogen) atoms.